The molecule has 1 aromatic carbocycles. The summed E-state index contributed by atoms with van der Waals surface area (Å²) in [5, 5.41) is 0. The molecule has 0 radical (unpaired) electrons. The van der Waals surface area contributed by atoms with Gasteiger partial charge in [0.25, 0.3) is 0 Å². The van der Waals surface area contributed by atoms with Crippen LogP contribution in [0.25, 0.3) is 0 Å². The number of ether oxygens (including phenoxy) is 2. The second-order valence-corrected chi connectivity index (χ2v) is 6.29. The molecular formula is C18H30N2O2. The fourth-order valence-electron chi connectivity index (χ4n) is 2.80. The van der Waals surface area contributed by atoms with Gasteiger partial charge < -0.3 is 14.4 Å². The normalized spacial score (nSPS) is 16.9. The lowest BCUT2D eigenvalue weighted by atomic mass is 10.2. The molecule has 0 atom stereocenters. The quantitative estimate of drug-likeness (QED) is 0.737. The molecule has 4 nitrogen and oxygen atoms in total. The van der Waals surface area contributed by atoms with Crippen LogP contribution < -0.4 is 9.47 Å². The molecule has 0 aromatic heterocycles. The summed E-state index contributed by atoms with van der Waals surface area (Å²) in [6, 6.07) is 7.88. The van der Waals surface area contributed by atoms with Crippen molar-refractivity contribution in [3.8, 4) is 11.5 Å². The van der Waals surface area contributed by atoms with Crippen LogP contribution in [-0.4, -0.2) is 62.3 Å². The van der Waals surface area contributed by atoms with Crippen molar-refractivity contribution < 1.29 is 9.47 Å². The minimum absolute atomic E-state index is 0.697. The highest BCUT2D eigenvalue weighted by molar-refractivity contribution is 5.31. The predicted molar refractivity (Wildman–Crippen MR) is 90.8 cm³/mol. The first-order valence-corrected chi connectivity index (χ1v) is 8.47. The monoisotopic (exact) mass is 306 g/mol. The van der Waals surface area contributed by atoms with Crippen LogP contribution in [0.3, 0.4) is 0 Å². The maximum Gasteiger partial charge on any atom is 0.119 e. The highest BCUT2D eigenvalue weighted by atomic mass is 16.5. The Bertz CT molecular complexity index is 412. The summed E-state index contributed by atoms with van der Waals surface area (Å²) in [6.45, 7) is 14.9. The van der Waals surface area contributed by atoms with Crippen molar-refractivity contribution in [3.63, 3.8) is 0 Å². The van der Waals surface area contributed by atoms with Crippen LogP contribution in [-0.2, 0) is 0 Å². The molecular weight excluding hydrogens is 276 g/mol. The first kappa shape index (κ1) is 17.1. The van der Waals surface area contributed by atoms with E-state index in [1.54, 1.807) is 0 Å². The van der Waals surface area contributed by atoms with Crippen LogP contribution >= 0.6 is 0 Å². The number of rotatable bonds is 8. The maximum absolute atomic E-state index is 5.82. The third kappa shape index (κ3) is 5.85. The van der Waals surface area contributed by atoms with Gasteiger partial charge in [0.1, 0.15) is 18.1 Å². The summed E-state index contributed by atoms with van der Waals surface area (Å²) < 4.78 is 11.3. The Morgan fingerprint density at radius 2 is 1.45 bits per heavy atom. The minimum Gasteiger partial charge on any atom is -0.494 e. The van der Waals surface area contributed by atoms with Crippen LogP contribution in [0.4, 0.5) is 0 Å². The molecule has 2 rings (SSSR count). The minimum atomic E-state index is 0.697. The molecule has 22 heavy (non-hydrogen) atoms. The third-order valence-corrected chi connectivity index (χ3v) is 3.90. The standard InChI is InChI=1S/C18H30N2O2/c1-4-21-17-5-7-18(8-6-17)22-14-13-19-9-11-20(12-10-19)15-16(2)3/h5-8,16H,4,9-15H2,1-3H3. The Kier molecular flexibility index (Phi) is 7.00. The topological polar surface area (TPSA) is 24.9 Å². The van der Waals surface area contributed by atoms with Gasteiger partial charge >= 0.3 is 0 Å². The Morgan fingerprint density at radius 1 is 0.909 bits per heavy atom. The predicted octanol–water partition coefficient (Wildman–Crippen LogP) is 2.74. The first-order chi connectivity index (χ1) is 10.7. The van der Waals surface area contributed by atoms with Crippen LogP contribution in [0, 0.1) is 5.92 Å². The van der Waals surface area contributed by atoms with Crippen molar-refractivity contribution in [1.82, 2.24) is 9.80 Å². The molecule has 4 heteroatoms. The molecule has 0 N–H and O–H groups in total. The van der Waals surface area contributed by atoms with Crippen LogP contribution in [0.2, 0.25) is 0 Å². The molecule has 1 saturated heterocycles. The Balaban J connectivity index is 1.63. The number of nitrogens with zero attached hydrogens (tertiary/aromatic N) is 2. The molecule has 0 bridgehead atoms. The Labute approximate surface area is 135 Å². The van der Waals surface area contributed by atoms with E-state index in [2.05, 4.69) is 23.6 Å². The molecule has 0 amide bonds. The van der Waals surface area contributed by atoms with Crippen molar-refractivity contribution in [2.24, 2.45) is 5.92 Å². The Hall–Kier alpha value is -1.26. The van der Waals surface area contributed by atoms with Crippen LogP contribution in [0.15, 0.2) is 24.3 Å². The zero-order valence-corrected chi connectivity index (χ0v) is 14.3. The summed E-state index contributed by atoms with van der Waals surface area (Å²) in [5.41, 5.74) is 0. The van der Waals surface area contributed by atoms with Crippen molar-refractivity contribution in [1.29, 1.82) is 0 Å². The zero-order valence-electron chi connectivity index (χ0n) is 14.3. The Morgan fingerprint density at radius 3 is 2.00 bits per heavy atom. The lowest BCUT2D eigenvalue weighted by Gasteiger charge is -2.35. The molecule has 1 heterocycles. The van der Waals surface area contributed by atoms with Crippen molar-refractivity contribution >= 4 is 0 Å². The van der Waals surface area contributed by atoms with E-state index in [-0.39, 0.29) is 0 Å². The second-order valence-electron chi connectivity index (χ2n) is 6.29. The van der Waals surface area contributed by atoms with Crippen molar-refractivity contribution in [2.45, 2.75) is 20.8 Å². The van der Waals surface area contributed by atoms with Gasteiger partial charge in [-0.05, 0) is 37.1 Å². The van der Waals surface area contributed by atoms with E-state index in [9.17, 15) is 0 Å². The van der Waals surface area contributed by atoms with Gasteiger partial charge in [0.05, 0.1) is 6.61 Å². The van der Waals surface area contributed by atoms with Gasteiger partial charge in [0, 0.05) is 39.3 Å². The van der Waals surface area contributed by atoms with Gasteiger partial charge in [-0.15, -0.1) is 0 Å². The summed E-state index contributed by atoms with van der Waals surface area (Å²) >= 11 is 0. The number of benzene rings is 1. The lowest BCUT2D eigenvalue weighted by molar-refractivity contribution is 0.109. The summed E-state index contributed by atoms with van der Waals surface area (Å²) in [4.78, 5) is 5.06. The van der Waals surface area contributed by atoms with E-state index in [1.807, 2.05) is 31.2 Å². The smallest absolute Gasteiger partial charge is 0.119 e. The van der Waals surface area contributed by atoms with Crippen molar-refractivity contribution in [3.05, 3.63) is 24.3 Å². The van der Waals surface area contributed by atoms with Gasteiger partial charge in [0.2, 0.25) is 0 Å². The first-order valence-electron chi connectivity index (χ1n) is 8.47. The number of hydrogen-bond acceptors (Lipinski definition) is 4. The molecule has 0 spiro atoms. The number of piperazine rings is 1. The summed E-state index contributed by atoms with van der Waals surface area (Å²) in [7, 11) is 0. The van der Waals surface area contributed by atoms with Gasteiger partial charge in [0.15, 0.2) is 0 Å². The number of hydrogen-bond donors (Lipinski definition) is 0. The summed E-state index contributed by atoms with van der Waals surface area (Å²) in [5.74, 6) is 2.58. The average molecular weight is 306 g/mol. The van der Waals surface area contributed by atoms with E-state index in [1.165, 1.54) is 19.6 Å². The van der Waals surface area contributed by atoms with E-state index in [0.29, 0.717) is 6.61 Å². The fourth-order valence-corrected chi connectivity index (χ4v) is 2.80. The fraction of sp³-hybridized carbons (Fsp3) is 0.667. The molecule has 0 aliphatic carbocycles. The average Bonchev–Trinajstić information content (AvgIpc) is 2.50. The molecule has 1 aliphatic rings. The second kappa shape index (κ2) is 9.01. The third-order valence-electron chi connectivity index (χ3n) is 3.90. The molecule has 124 valence electrons. The summed E-state index contributed by atoms with van der Waals surface area (Å²) in [6.07, 6.45) is 0. The molecule has 0 unspecified atom stereocenters. The van der Waals surface area contributed by atoms with E-state index in [4.69, 9.17) is 9.47 Å². The van der Waals surface area contributed by atoms with Gasteiger partial charge in [-0.2, -0.15) is 0 Å². The van der Waals surface area contributed by atoms with Crippen LogP contribution in [0.5, 0.6) is 11.5 Å². The van der Waals surface area contributed by atoms with E-state index in [0.717, 1.165) is 43.7 Å². The lowest BCUT2D eigenvalue weighted by Crippen LogP contribution is -2.48. The SMILES string of the molecule is CCOc1ccc(OCCN2CCN(CC(C)C)CC2)cc1. The van der Waals surface area contributed by atoms with Crippen molar-refractivity contribution in [2.75, 3.05) is 52.5 Å². The van der Waals surface area contributed by atoms with E-state index < -0.39 is 0 Å². The maximum atomic E-state index is 5.82. The van der Waals surface area contributed by atoms with Gasteiger partial charge in [-0.25, -0.2) is 0 Å². The van der Waals surface area contributed by atoms with E-state index >= 15 is 0 Å². The molecule has 0 saturated carbocycles. The highest BCUT2D eigenvalue weighted by Gasteiger charge is 2.16. The molecule has 1 aromatic rings. The van der Waals surface area contributed by atoms with Gasteiger partial charge in [-0.3, -0.25) is 4.90 Å². The van der Waals surface area contributed by atoms with Gasteiger partial charge in [-0.1, -0.05) is 13.8 Å². The highest BCUT2D eigenvalue weighted by Crippen LogP contribution is 2.17. The largest absolute Gasteiger partial charge is 0.494 e. The molecule has 1 fully saturated rings. The van der Waals surface area contributed by atoms with Crippen LogP contribution in [0.1, 0.15) is 20.8 Å². The zero-order chi connectivity index (χ0) is 15.8. The molecule has 1 aliphatic heterocycles.